The van der Waals surface area contributed by atoms with E-state index in [4.69, 9.17) is 5.73 Å². The molecule has 12 heteroatoms. The molecule has 5 aromatic rings. The molecule has 0 saturated heterocycles. The average Bonchev–Trinajstić information content (AvgIpc) is 3.54. The largest absolute Gasteiger partial charge is 0.370 e. The van der Waals surface area contributed by atoms with Gasteiger partial charge < -0.3 is 20.6 Å². The Morgan fingerprint density at radius 2 is 1.97 bits per heavy atom. The minimum Gasteiger partial charge on any atom is -0.370 e. The molecule has 9 nitrogen and oxygen atoms in total. The van der Waals surface area contributed by atoms with E-state index in [9.17, 15) is 23.2 Å². The van der Waals surface area contributed by atoms with Crippen LogP contribution in [0.4, 0.5) is 8.78 Å². The number of pyridine rings is 2. The van der Waals surface area contributed by atoms with Crippen molar-refractivity contribution in [2.24, 2.45) is 5.73 Å². The number of carbonyl (C=O) groups excluding carboxylic acids is 2. The summed E-state index contributed by atoms with van der Waals surface area (Å²) in [5.74, 6) is -3.42. The standard InChI is InChI=1S/C26H20F2N6O3S/c27-18-6-5-14(9-19(18)28)13-34-8-2-4-16(26(34)37)24(36)33-20(10-22(29)35)25-32-12-21(38-25)17-11-31-23-15(17)3-1-7-30-23/h1-9,11-12,20H,10,13H2,(H2,29,35)(H,30,31)(H,33,36)/t20-/m1/s1. The Morgan fingerprint density at radius 1 is 1.13 bits per heavy atom. The number of benzene rings is 1. The molecule has 0 spiro atoms. The van der Waals surface area contributed by atoms with Gasteiger partial charge in [-0.3, -0.25) is 14.4 Å². The van der Waals surface area contributed by atoms with E-state index in [1.165, 1.54) is 40.3 Å². The van der Waals surface area contributed by atoms with Gasteiger partial charge in [-0.1, -0.05) is 6.07 Å². The quantitative estimate of drug-likeness (QED) is 0.280. The molecule has 0 aliphatic heterocycles. The van der Waals surface area contributed by atoms with Crippen molar-refractivity contribution < 1.29 is 18.4 Å². The molecule has 0 bridgehead atoms. The summed E-state index contributed by atoms with van der Waals surface area (Å²) in [7, 11) is 0. The molecule has 0 saturated carbocycles. The maximum absolute atomic E-state index is 13.6. The molecule has 4 aromatic heterocycles. The van der Waals surface area contributed by atoms with Gasteiger partial charge in [0, 0.05) is 35.7 Å². The molecule has 0 aliphatic rings. The van der Waals surface area contributed by atoms with E-state index in [-0.39, 0.29) is 18.5 Å². The van der Waals surface area contributed by atoms with Gasteiger partial charge in [0.2, 0.25) is 5.91 Å². The molecule has 38 heavy (non-hydrogen) atoms. The van der Waals surface area contributed by atoms with Crippen molar-refractivity contribution in [3.05, 3.63) is 105 Å². The number of hydrogen-bond acceptors (Lipinski definition) is 6. The average molecular weight is 535 g/mol. The number of amides is 2. The van der Waals surface area contributed by atoms with Crippen molar-refractivity contribution in [2.75, 3.05) is 0 Å². The second-order valence-corrected chi connectivity index (χ2v) is 9.53. The zero-order chi connectivity index (χ0) is 26.8. The van der Waals surface area contributed by atoms with Crippen LogP contribution in [-0.4, -0.2) is 31.3 Å². The molecular formula is C26H20F2N6O3S. The van der Waals surface area contributed by atoms with Gasteiger partial charge in [-0.2, -0.15) is 0 Å². The number of carbonyl (C=O) groups is 2. The van der Waals surface area contributed by atoms with Gasteiger partial charge in [0.1, 0.15) is 16.2 Å². The third kappa shape index (κ3) is 5.06. The predicted octanol–water partition coefficient (Wildman–Crippen LogP) is 3.52. The topological polar surface area (TPSA) is 136 Å². The van der Waals surface area contributed by atoms with Gasteiger partial charge in [0.05, 0.1) is 23.9 Å². The van der Waals surface area contributed by atoms with Crippen LogP contribution in [0.2, 0.25) is 0 Å². The molecule has 1 atom stereocenters. The van der Waals surface area contributed by atoms with Crippen molar-refractivity contribution in [2.45, 2.75) is 19.0 Å². The van der Waals surface area contributed by atoms with E-state index in [0.717, 1.165) is 28.0 Å². The lowest BCUT2D eigenvalue weighted by Gasteiger charge is -2.15. The molecule has 4 N–H and O–H groups in total. The normalized spacial score (nSPS) is 11.9. The summed E-state index contributed by atoms with van der Waals surface area (Å²) in [4.78, 5) is 50.5. The van der Waals surface area contributed by atoms with Crippen LogP contribution < -0.4 is 16.6 Å². The second kappa shape index (κ2) is 10.3. The zero-order valence-electron chi connectivity index (χ0n) is 19.7. The first-order chi connectivity index (χ1) is 18.3. The first-order valence-corrected chi connectivity index (χ1v) is 12.2. The van der Waals surface area contributed by atoms with Crippen LogP contribution >= 0.6 is 11.3 Å². The number of aromatic nitrogens is 4. The maximum Gasteiger partial charge on any atom is 0.263 e. The summed E-state index contributed by atoms with van der Waals surface area (Å²) in [6.45, 7) is -0.0722. The van der Waals surface area contributed by atoms with Crippen LogP contribution in [0.15, 0.2) is 72.0 Å². The van der Waals surface area contributed by atoms with E-state index in [1.807, 2.05) is 12.1 Å². The van der Waals surface area contributed by atoms with Gasteiger partial charge in [-0.25, -0.2) is 18.7 Å². The van der Waals surface area contributed by atoms with Crippen molar-refractivity contribution in [3.8, 4) is 10.4 Å². The molecule has 1 aromatic carbocycles. The zero-order valence-corrected chi connectivity index (χ0v) is 20.5. The number of nitrogens with zero attached hydrogens (tertiary/aromatic N) is 3. The molecule has 5 rings (SSSR count). The highest BCUT2D eigenvalue weighted by atomic mass is 32.1. The fourth-order valence-electron chi connectivity index (χ4n) is 4.04. The van der Waals surface area contributed by atoms with E-state index in [2.05, 4.69) is 20.3 Å². The molecule has 4 heterocycles. The minimum absolute atomic E-state index is 0.0722. The SMILES string of the molecule is NC(=O)C[C@@H](NC(=O)c1cccn(Cc2ccc(F)c(F)c2)c1=O)c1ncc(-c2c[nH]c3ncccc23)s1. The summed E-state index contributed by atoms with van der Waals surface area (Å²) < 4.78 is 28.0. The van der Waals surface area contributed by atoms with Crippen LogP contribution in [0.25, 0.3) is 21.5 Å². The van der Waals surface area contributed by atoms with E-state index >= 15 is 0 Å². The Bertz CT molecular complexity index is 1730. The third-order valence-electron chi connectivity index (χ3n) is 5.85. The first-order valence-electron chi connectivity index (χ1n) is 11.4. The lowest BCUT2D eigenvalue weighted by atomic mass is 10.1. The van der Waals surface area contributed by atoms with Crippen molar-refractivity contribution >= 4 is 34.2 Å². The van der Waals surface area contributed by atoms with Crippen molar-refractivity contribution in [1.82, 2.24) is 24.8 Å². The number of primary amides is 1. The van der Waals surface area contributed by atoms with Crippen LogP contribution in [-0.2, 0) is 11.3 Å². The minimum atomic E-state index is -1.04. The number of fused-ring (bicyclic) bond motifs is 1. The number of aromatic amines is 1. The van der Waals surface area contributed by atoms with Crippen LogP contribution in [0, 0.1) is 11.6 Å². The highest BCUT2D eigenvalue weighted by Crippen LogP contribution is 2.34. The molecular weight excluding hydrogens is 514 g/mol. The third-order valence-corrected chi connectivity index (χ3v) is 6.99. The Hall–Kier alpha value is -4.71. The number of thiazole rings is 1. The van der Waals surface area contributed by atoms with Crippen LogP contribution in [0.3, 0.4) is 0 Å². The smallest absolute Gasteiger partial charge is 0.263 e. The van der Waals surface area contributed by atoms with Crippen molar-refractivity contribution in [3.63, 3.8) is 0 Å². The summed E-state index contributed by atoms with van der Waals surface area (Å²) in [5.41, 5.74) is 6.52. The molecule has 192 valence electrons. The van der Waals surface area contributed by atoms with Crippen molar-refractivity contribution in [1.29, 1.82) is 0 Å². The van der Waals surface area contributed by atoms with E-state index in [0.29, 0.717) is 16.2 Å². The van der Waals surface area contributed by atoms with E-state index < -0.39 is 35.0 Å². The molecule has 2 amide bonds. The number of halogens is 2. The highest BCUT2D eigenvalue weighted by molar-refractivity contribution is 7.15. The number of nitrogens with two attached hydrogens (primary N) is 1. The molecule has 0 fully saturated rings. The van der Waals surface area contributed by atoms with E-state index in [1.54, 1.807) is 18.6 Å². The second-order valence-electron chi connectivity index (χ2n) is 8.46. The fraction of sp³-hybridized carbons (Fsp3) is 0.115. The lowest BCUT2D eigenvalue weighted by Crippen LogP contribution is -2.36. The predicted molar refractivity (Wildman–Crippen MR) is 137 cm³/mol. The Labute approximate surface area is 218 Å². The summed E-state index contributed by atoms with van der Waals surface area (Å²) in [6, 6.07) is 9.00. The first kappa shape index (κ1) is 25.0. The van der Waals surface area contributed by atoms with Gasteiger partial charge in [0.15, 0.2) is 11.6 Å². The number of rotatable bonds is 8. The molecule has 0 unspecified atom stereocenters. The number of nitrogens with one attached hydrogen (secondary N) is 2. The monoisotopic (exact) mass is 534 g/mol. The molecule has 0 radical (unpaired) electrons. The Balaban J connectivity index is 1.40. The van der Waals surface area contributed by atoms with Crippen LogP contribution in [0.1, 0.15) is 33.4 Å². The van der Waals surface area contributed by atoms with Gasteiger partial charge in [-0.15, -0.1) is 11.3 Å². The van der Waals surface area contributed by atoms with Gasteiger partial charge >= 0.3 is 0 Å². The lowest BCUT2D eigenvalue weighted by molar-refractivity contribution is -0.118. The van der Waals surface area contributed by atoms with Crippen LogP contribution in [0.5, 0.6) is 0 Å². The Morgan fingerprint density at radius 3 is 2.76 bits per heavy atom. The summed E-state index contributed by atoms with van der Waals surface area (Å²) in [5, 5.41) is 4.02. The summed E-state index contributed by atoms with van der Waals surface area (Å²) >= 11 is 1.27. The Kier molecular flexibility index (Phi) is 6.79. The van der Waals surface area contributed by atoms with Gasteiger partial charge in [0.25, 0.3) is 11.5 Å². The summed E-state index contributed by atoms with van der Waals surface area (Å²) in [6.07, 6.45) is 6.31. The fourth-order valence-corrected chi connectivity index (χ4v) is 5.04. The maximum atomic E-state index is 13.6. The molecule has 0 aliphatic carbocycles. The van der Waals surface area contributed by atoms with Gasteiger partial charge in [-0.05, 0) is 42.0 Å². The number of hydrogen-bond donors (Lipinski definition) is 3. The number of H-pyrrole nitrogens is 1. The highest BCUT2D eigenvalue weighted by Gasteiger charge is 2.24.